The first kappa shape index (κ1) is 12.9. The lowest BCUT2D eigenvalue weighted by molar-refractivity contribution is 1.22. The van der Waals surface area contributed by atoms with Crippen LogP contribution >= 0.6 is 11.8 Å². The van der Waals surface area contributed by atoms with Crippen LogP contribution in [0.5, 0.6) is 0 Å². The Hall–Kier alpha value is -1.21. The van der Waals surface area contributed by atoms with Crippen LogP contribution in [0.25, 0.3) is 0 Å². The van der Waals surface area contributed by atoms with Crippen molar-refractivity contribution in [3.63, 3.8) is 0 Å². The van der Waals surface area contributed by atoms with E-state index in [4.69, 9.17) is 0 Å². The maximum atomic E-state index is 3.73. The fourth-order valence-electron chi connectivity index (χ4n) is 1.32. The predicted octanol–water partition coefficient (Wildman–Crippen LogP) is 5.16. The Morgan fingerprint density at radius 3 is 2.94 bits per heavy atom. The lowest BCUT2D eigenvalue weighted by Crippen LogP contribution is -1.73. The second kappa shape index (κ2) is 7.13. The van der Waals surface area contributed by atoms with Crippen molar-refractivity contribution in [3.8, 4) is 0 Å². The number of thioether (sulfide) groups is 1. The minimum Gasteiger partial charge on any atom is -0.0990 e. The Kier molecular flexibility index (Phi) is 5.73. The standard InChI is InChI=1S/C15H18S/c1-4-7-14(8-5-2)16-15-10-6-9-13(3)11-12-15/h4-8,10-12H,1,9H2,2-3H3/b8-5-,14-7+. The van der Waals surface area contributed by atoms with Crippen molar-refractivity contribution < 1.29 is 0 Å². The minimum absolute atomic E-state index is 1.05. The average Bonchev–Trinajstić information content (AvgIpc) is 2.45. The minimum atomic E-state index is 1.05. The highest BCUT2D eigenvalue weighted by Gasteiger charge is 1.99. The molecule has 0 spiro atoms. The summed E-state index contributed by atoms with van der Waals surface area (Å²) in [6, 6.07) is 0. The van der Waals surface area contributed by atoms with E-state index in [1.165, 1.54) is 15.4 Å². The number of hydrogen-bond acceptors (Lipinski definition) is 1. The average molecular weight is 230 g/mol. The van der Waals surface area contributed by atoms with Gasteiger partial charge in [0, 0.05) is 9.81 Å². The Balaban J connectivity index is 2.79. The van der Waals surface area contributed by atoms with E-state index in [2.05, 4.69) is 43.9 Å². The van der Waals surface area contributed by atoms with Crippen molar-refractivity contribution in [2.45, 2.75) is 20.3 Å². The maximum Gasteiger partial charge on any atom is 0.0119 e. The van der Waals surface area contributed by atoms with Crippen LogP contribution in [0.15, 0.2) is 70.6 Å². The predicted molar refractivity (Wildman–Crippen MR) is 76.3 cm³/mol. The third-order valence-electron chi connectivity index (χ3n) is 2.10. The molecule has 0 unspecified atom stereocenters. The summed E-state index contributed by atoms with van der Waals surface area (Å²) >= 11 is 1.76. The highest BCUT2D eigenvalue weighted by Crippen LogP contribution is 2.29. The van der Waals surface area contributed by atoms with Crippen molar-refractivity contribution in [2.24, 2.45) is 0 Å². The molecule has 84 valence electrons. The molecule has 0 N–H and O–H groups in total. The molecule has 16 heavy (non-hydrogen) atoms. The van der Waals surface area contributed by atoms with Gasteiger partial charge in [-0.05, 0) is 32.4 Å². The molecule has 0 amide bonds. The first-order valence-electron chi connectivity index (χ1n) is 5.43. The van der Waals surface area contributed by atoms with E-state index in [1.807, 2.05) is 25.2 Å². The van der Waals surface area contributed by atoms with Gasteiger partial charge in [0.2, 0.25) is 0 Å². The Labute approximate surface area is 103 Å². The lowest BCUT2D eigenvalue weighted by atomic mass is 10.2. The molecule has 0 fully saturated rings. The molecule has 1 aliphatic carbocycles. The van der Waals surface area contributed by atoms with Gasteiger partial charge < -0.3 is 0 Å². The summed E-state index contributed by atoms with van der Waals surface area (Å²) in [4.78, 5) is 2.48. The fraction of sp³-hybridized carbons (Fsp3) is 0.200. The van der Waals surface area contributed by atoms with Gasteiger partial charge in [0.25, 0.3) is 0 Å². The first-order chi connectivity index (χ1) is 7.76. The van der Waals surface area contributed by atoms with Gasteiger partial charge in [0.15, 0.2) is 0 Å². The van der Waals surface area contributed by atoms with Crippen LogP contribution in [0.3, 0.4) is 0 Å². The van der Waals surface area contributed by atoms with Crippen LogP contribution in [0.4, 0.5) is 0 Å². The zero-order valence-electron chi connectivity index (χ0n) is 9.94. The second-order valence-corrected chi connectivity index (χ2v) is 4.74. The van der Waals surface area contributed by atoms with Crippen molar-refractivity contribution in [1.82, 2.24) is 0 Å². The van der Waals surface area contributed by atoms with Crippen LogP contribution in [0.1, 0.15) is 20.3 Å². The fourth-order valence-corrected chi connectivity index (χ4v) is 2.26. The summed E-state index contributed by atoms with van der Waals surface area (Å²) in [5.41, 5.74) is 1.40. The third kappa shape index (κ3) is 4.54. The Morgan fingerprint density at radius 2 is 2.25 bits per heavy atom. The maximum absolute atomic E-state index is 3.73. The summed E-state index contributed by atoms with van der Waals surface area (Å²) in [6.45, 7) is 7.91. The van der Waals surface area contributed by atoms with Gasteiger partial charge in [-0.25, -0.2) is 0 Å². The molecule has 0 aromatic heterocycles. The van der Waals surface area contributed by atoms with Crippen LogP contribution in [-0.4, -0.2) is 0 Å². The molecule has 0 radical (unpaired) electrons. The molecule has 1 rings (SSSR count). The summed E-state index contributed by atoms with van der Waals surface area (Å²) in [5, 5.41) is 0. The van der Waals surface area contributed by atoms with E-state index in [-0.39, 0.29) is 0 Å². The topological polar surface area (TPSA) is 0 Å². The Bertz CT molecular complexity index is 390. The highest BCUT2D eigenvalue weighted by atomic mass is 32.2. The molecule has 0 saturated carbocycles. The zero-order chi connectivity index (χ0) is 11.8. The number of allylic oxidation sites excluding steroid dienone is 9. The number of rotatable bonds is 4. The van der Waals surface area contributed by atoms with E-state index >= 15 is 0 Å². The van der Waals surface area contributed by atoms with Crippen LogP contribution < -0.4 is 0 Å². The van der Waals surface area contributed by atoms with Crippen molar-refractivity contribution in [1.29, 1.82) is 0 Å². The summed E-state index contributed by atoms with van der Waals surface area (Å²) < 4.78 is 0. The monoisotopic (exact) mass is 230 g/mol. The molecule has 0 aromatic rings. The molecule has 0 atom stereocenters. The summed E-state index contributed by atoms with van der Waals surface area (Å²) in [7, 11) is 0. The van der Waals surface area contributed by atoms with Gasteiger partial charge in [-0.3, -0.25) is 0 Å². The van der Waals surface area contributed by atoms with Crippen molar-refractivity contribution in [2.75, 3.05) is 0 Å². The van der Waals surface area contributed by atoms with Gasteiger partial charge in [-0.2, -0.15) is 0 Å². The molecule has 0 saturated heterocycles. The van der Waals surface area contributed by atoms with Gasteiger partial charge in [-0.15, -0.1) is 0 Å². The zero-order valence-corrected chi connectivity index (χ0v) is 10.8. The lowest BCUT2D eigenvalue weighted by Gasteiger charge is -2.01. The van der Waals surface area contributed by atoms with Crippen molar-refractivity contribution >= 4 is 11.8 Å². The summed E-state index contributed by atoms with van der Waals surface area (Å²) in [6.07, 6.45) is 17.8. The molecule has 0 aliphatic heterocycles. The van der Waals surface area contributed by atoms with E-state index in [9.17, 15) is 0 Å². The van der Waals surface area contributed by atoms with E-state index < -0.39 is 0 Å². The van der Waals surface area contributed by atoms with Gasteiger partial charge >= 0.3 is 0 Å². The van der Waals surface area contributed by atoms with Gasteiger partial charge in [-0.1, -0.05) is 60.4 Å². The molecular formula is C15H18S. The van der Waals surface area contributed by atoms with Crippen LogP contribution in [-0.2, 0) is 0 Å². The van der Waals surface area contributed by atoms with Gasteiger partial charge in [0.1, 0.15) is 0 Å². The van der Waals surface area contributed by atoms with Crippen LogP contribution in [0.2, 0.25) is 0 Å². The van der Waals surface area contributed by atoms with E-state index in [1.54, 1.807) is 11.8 Å². The quantitative estimate of drug-likeness (QED) is 0.601. The molecule has 0 aromatic carbocycles. The van der Waals surface area contributed by atoms with E-state index in [0.29, 0.717) is 0 Å². The largest absolute Gasteiger partial charge is 0.0990 e. The second-order valence-electron chi connectivity index (χ2n) is 3.60. The molecule has 1 heteroatoms. The molecule has 0 heterocycles. The van der Waals surface area contributed by atoms with Crippen LogP contribution in [0, 0.1) is 0 Å². The molecule has 1 aliphatic rings. The normalized spacial score (nSPS) is 17.0. The number of hydrogen-bond donors (Lipinski definition) is 0. The molecule has 0 bridgehead atoms. The van der Waals surface area contributed by atoms with E-state index in [0.717, 1.165) is 6.42 Å². The first-order valence-corrected chi connectivity index (χ1v) is 6.25. The molecule has 0 nitrogen and oxygen atoms in total. The van der Waals surface area contributed by atoms with Crippen molar-refractivity contribution in [3.05, 3.63) is 70.6 Å². The SMILES string of the molecule is C=C/C=C(\C=C/C)SC1=CC=C(C)CC=C1. The smallest absolute Gasteiger partial charge is 0.0119 e. The third-order valence-corrected chi connectivity index (χ3v) is 3.12. The van der Waals surface area contributed by atoms with Gasteiger partial charge in [0.05, 0.1) is 0 Å². The summed E-state index contributed by atoms with van der Waals surface area (Å²) in [5.74, 6) is 0. The molecular weight excluding hydrogens is 212 g/mol. The highest BCUT2D eigenvalue weighted by molar-refractivity contribution is 8.07. The Morgan fingerprint density at radius 1 is 1.44 bits per heavy atom.